The standard InChI is InChI=1S/C13H19ClN4O/c1-3-9(2)18-6-4-10(17-18)8-12(16-15)11-5-7-19-13(11)14/h4-7,9,12,16H,3,8,15H2,1-2H3. The fraction of sp³-hybridized carbons (Fsp3) is 0.462. The molecular formula is C13H19ClN4O. The molecule has 3 N–H and O–H groups in total. The topological polar surface area (TPSA) is 69.0 Å². The van der Waals surface area contributed by atoms with Crippen molar-refractivity contribution in [1.29, 1.82) is 0 Å². The summed E-state index contributed by atoms with van der Waals surface area (Å²) in [6.07, 6.45) is 5.26. The van der Waals surface area contributed by atoms with E-state index in [1.165, 1.54) is 0 Å². The smallest absolute Gasteiger partial charge is 0.197 e. The average Bonchev–Trinajstić information content (AvgIpc) is 3.04. The first-order valence-corrected chi connectivity index (χ1v) is 6.76. The molecule has 0 saturated carbocycles. The Hall–Kier alpha value is -1.30. The molecule has 0 aliphatic heterocycles. The minimum atomic E-state index is -0.105. The van der Waals surface area contributed by atoms with Gasteiger partial charge in [-0.2, -0.15) is 5.10 Å². The Kier molecular flexibility index (Phi) is 4.63. The highest BCUT2D eigenvalue weighted by Gasteiger charge is 2.17. The lowest BCUT2D eigenvalue weighted by atomic mass is 10.1. The van der Waals surface area contributed by atoms with Gasteiger partial charge in [-0.1, -0.05) is 6.92 Å². The highest BCUT2D eigenvalue weighted by molar-refractivity contribution is 6.29. The van der Waals surface area contributed by atoms with Gasteiger partial charge in [-0.25, -0.2) is 0 Å². The summed E-state index contributed by atoms with van der Waals surface area (Å²) >= 11 is 5.97. The number of halogens is 1. The third-order valence-electron chi connectivity index (χ3n) is 3.34. The van der Waals surface area contributed by atoms with Crippen LogP contribution in [0, 0.1) is 0 Å². The van der Waals surface area contributed by atoms with E-state index in [0.717, 1.165) is 17.7 Å². The van der Waals surface area contributed by atoms with Crippen molar-refractivity contribution in [3.8, 4) is 0 Å². The molecule has 2 rings (SSSR count). The molecule has 0 spiro atoms. The summed E-state index contributed by atoms with van der Waals surface area (Å²) in [6.45, 7) is 4.28. The van der Waals surface area contributed by atoms with E-state index in [4.69, 9.17) is 21.9 Å². The van der Waals surface area contributed by atoms with Crippen LogP contribution in [-0.2, 0) is 6.42 Å². The van der Waals surface area contributed by atoms with Gasteiger partial charge in [0.05, 0.1) is 18.0 Å². The number of hydrazine groups is 1. The van der Waals surface area contributed by atoms with Gasteiger partial charge in [0.25, 0.3) is 0 Å². The molecule has 0 fully saturated rings. The lowest BCUT2D eigenvalue weighted by Gasteiger charge is -2.13. The van der Waals surface area contributed by atoms with Gasteiger partial charge >= 0.3 is 0 Å². The van der Waals surface area contributed by atoms with Gasteiger partial charge in [-0.15, -0.1) is 0 Å². The molecule has 2 aromatic heterocycles. The number of nitrogens with two attached hydrogens (primary N) is 1. The number of hydrogen-bond donors (Lipinski definition) is 2. The Morgan fingerprint density at radius 3 is 2.89 bits per heavy atom. The largest absolute Gasteiger partial charge is 0.453 e. The summed E-state index contributed by atoms with van der Waals surface area (Å²) in [4.78, 5) is 0. The van der Waals surface area contributed by atoms with Crippen LogP contribution in [0.5, 0.6) is 0 Å². The predicted octanol–water partition coefficient (Wildman–Crippen LogP) is 2.85. The molecule has 0 aromatic carbocycles. The summed E-state index contributed by atoms with van der Waals surface area (Å²) in [5.74, 6) is 5.59. The number of nitrogens with one attached hydrogen (secondary N) is 1. The van der Waals surface area contributed by atoms with Gasteiger partial charge < -0.3 is 4.42 Å². The summed E-state index contributed by atoms with van der Waals surface area (Å²) in [6, 6.07) is 4.12. The van der Waals surface area contributed by atoms with Crippen molar-refractivity contribution < 1.29 is 4.42 Å². The molecule has 2 aromatic rings. The fourth-order valence-corrected chi connectivity index (χ4v) is 2.19. The second-order valence-electron chi connectivity index (χ2n) is 4.62. The highest BCUT2D eigenvalue weighted by Crippen LogP contribution is 2.26. The molecule has 0 bridgehead atoms. The van der Waals surface area contributed by atoms with Crippen molar-refractivity contribution in [3.63, 3.8) is 0 Å². The third-order valence-corrected chi connectivity index (χ3v) is 3.65. The minimum absolute atomic E-state index is 0.105. The van der Waals surface area contributed by atoms with E-state index in [2.05, 4.69) is 24.4 Å². The molecule has 0 aliphatic rings. The lowest BCUT2D eigenvalue weighted by Crippen LogP contribution is -2.29. The van der Waals surface area contributed by atoms with Crippen LogP contribution in [0.15, 0.2) is 29.0 Å². The zero-order chi connectivity index (χ0) is 13.8. The van der Waals surface area contributed by atoms with Crippen molar-refractivity contribution in [2.45, 2.75) is 38.8 Å². The van der Waals surface area contributed by atoms with Crippen LogP contribution in [-0.4, -0.2) is 9.78 Å². The zero-order valence-corrected chi connectivity index (χ0v) is 11.9. The molecule has 0 amide bonds. The van der Waals surface area contributed by atoms with Crippen LogP contribution in [0.3, 0.4) is 0 Å². The number of rotatable bonds is 6. The Bertz CT molecular complexity index is 522. The lowest BCUT2D eigenvalue weighted by molar-refractivity contribution is 0.466. The number of furan rings is 1. The molecule has 5 nitrogen and oxygen atoms in total. The Labute approximate surface area is 117 Å². The second-order valence-corrected chi connectivity index (χ2v) is 4.96. The number of hydrogen-bond acceptors (Lipinski definition) is 4. The Balaban J connectivity index is 2.11. The maximum Gasteiger partial charge on any atom is 0.197 e. The normalized spacial score (nSPS) is 14.5. The van der Waals surface area contributed by atoms with E-state index >= 15 is 0 Å². The highest BCUT2D eigenvalue weighted by atomic mass is 35.5. The van der Waals surface area contributed by atoms with Crippen molar-refractivity contribution in [1.82, 2.24) is 15.2 Å². The summed E-state index contributed by atoms with van der Waals surface area (Å²) in [7, 11) is 0. The first-order chi connectivity index (χ1) is 9.15. The maximum absolute atomic E-state index is 5.97. The van der Waals surface area contributed by atoms with Crippen molar-refractivity contribution in [2.24, 2.45) is 5.84 Å². The van der Waals surface area contributed by atoms with E-state index in [-0.39, 0.29) is 6.04 Å². The van der Waals surface area contributed by atoms with Gasteiger partial charge in [-0.05, 0) is 37.1 Å². The zero-order valence-electron chi connectivity index (χ0n) is 11.1. The van der Waals surface area contributed by atoms with Crippen LogP contribution in [0.1, 0.15) is 43.6 Å². The van der Waals surface area contributed by atoms with Gasteiger partial charge in [0.15, 0.2) is 5.22 Å². The minimum Gasteiger partial charge on any atom is -0.453 e. The summed E-state index contributed by atoms with van der Waals surface area (Å²) in [5.41, 5.74) is 4.57. The molecular weight excluding hydrogens is 264 g/mol. The molecule has 2 heterocycles. The quantitative estimate of drug-likeness (QED) is 0.631. The van der Waals surface area contributed by atoms with Gasteiger partial charge in [-0.3, -0.25) is 16.0 Å². The van der Waals surface area contributed by atoms with Gasteiger partial charge in [0.1, 0.15) is 0 Å². The van der Waals surface area contributed by atoms with Crippen LogP contribution >= 0.6 is 11.6 Å². The van der Waals surface area contributed by atoms with Gasteiger partial charge in [0, 0.05) is 24.2 Å². The molecule has 104 valence electrons. The van der Waals surface area contributed by atoms with Crippen LogP contribution in [0.25, 0.3) is 0 Å². The van der Waals surface area contributed by atoms with Crippen LogP contribution < -0.4 is 11.3 Å². The average molecular weight is 283 g/mol. The second kappa shape index (κ2) is 6.23. The monoisotopic (exact) mass is 282 g/mol. The first-order valence-electron chi connectivity index (χ1n) is 6.38. The fourth-order valence-electron chi connectivity index (χ4n) is 1.94. The molecule has 0 aliphatic carbocycles. The molecule has 2 unspecified atom stereocenters. The first kappa shape index (κ1) is 14.1. The van der Waals surface area contributed by atoms with Gasteiger partial charge in [0.2, 0.25) is 0 Å². The maximum atomic E-state index is 5.97. The predicted molar refractivity (Wildman–Crippen MR) is 74.7 cm³/mol. The van der Waals surface area contributed by atoms with E-state index in [1.807, 2.05) is 23.0 Å². The molecule has 2 atom stereocenters. The molecule has 0 saturated heterocycles. The van der Waals surface area contributed by atoms with E-state index in [0.29, 0.717) is 17.7 Å². The number of aromatic nitrogens is 2. The van der Waals surface area contributed by atoms with Crippen molar-refractivity contribution in [2.75, 3.05) is 0 Å². The number of nitrogens with zero attached hydrogens (tertiary/aromatic N) is 2. The van der Waals surface area contributed by atoms with Crippen LogP contribution in [0.2, 0.25) is 5.22 Å². The molecule has 0 radical (unpaired) electrons. The summed E-state index contributed by atoms with van der Waals surface area (Å²) < 4.78 is 7.06. The van der Waals surface area contributed by atoms with E-state index in [1.54, 1.807) is 6.26 Å². The Morgan fingerprint density at radius 2 is 2.32 bits per heavy atom. The SMILES string of the molecule is CCC(C)n1ccc(CC(NN)c2ccoc2Cl)n1. The Morgan fingerprint density at radius 1 is 1.53 bits per heavy atom. The summed E-state index contributed by atoms with van der Waals surface area (Å²) in [5, 5.41) is 4.92. The molecule has 19 heavy (non-hydrogen) atoms. The van der Waals surface area contributed by atoms with E-state index < -0.39 is 0 Å². The van der Waals surface area contributed by atoms with E-state index in [9.17, 15) is 0 Å². The molecule has 6 heteroatoms. The van der Waals surface area contributed by atoms with Crippen LogP contribution in [0.4, 0.5) is 0 Å². The van der Waals surface area contributed by atoms with Crippen molar-refractivity contribution in [3.05, 3.63) is 41.1 Å². The third kappa shape index (κ3) is 3.18. The van der Waals surface area contributed by atoms with Crippen molar-refractivity contribution >= 4 is 11.6 Å².